The molecule has 4 aromatic rings. The number of nitrogens with one attached hydrogen (secondary N) is 2. The Morgan fingerprint density at radius 3 is 2.42 bits per heavy atom. The second-order valence-corrected chi connectivity index (χ2v) is 8.66. The number of aromatic nitrogens is 4. The van der Waals surface area contributed by atoms with Gasteiger partial charge in [-0.1, -0.05) is 30.0 Å². The monoisotopic (exact) mass is 462 g/mol. The minimum absolute atomic E-state index is 0.164. The minimum Gasteiger partial charge on any atom is -0.326 e. The number of hydrogen-bond acceptors (Lipinski definition) is 6. The van der Waals surface area contributed by atoms with Crippen molar-refractivity contribution >= 4 is 51.6 Å². The van der Waals surface area contributed by atoms with E-state index in [1.54, 1.807) is 53.8 Å². The first-order valence-corrected chi connectivity index (χ1v) is 11.1. The number of carbonyl (C=O) groups excluding carboxylic acids is 2. The molecule has 0 saturated carbocycles. The number of allylic oxidation sites excluding steroid dienone is 1. The molecule has 0 aliphatic carbocycles. The van der Waals surface area contributed by atoms with E-state index in [0.717, 1.165) is 0 Å². The van der Waals surface area contributed by atoms with Crippen LogP contribution < -0.4 is 16.2 Å². The molecule has 0 spiro atoms. The fraction of sp³-hybridized carbons (Fsp3) is 0.174. The molecular formula is C23H22N6O3S. The van der Waals surface area contributed by atoms with E-state index in [1.165, 1.54) is 23.3 Å². The predicted octanol–water partition coefficient (Wildman–Crippen LogP) is 3.31. The van der Waals surface area contributed by atoms with Gasteiger partial charge in [-0.25, -0.2) is 0 Å². The maximum absolute atomic E-state index is 12.9. The molecule has 2 heterocycles. The van der Waals surface area contributed by atoms with Crippen LogP contribution >= 0.6 is 11.8 Å². The molecule has 9 nitrogen and oxygen atoms in total. The Hall–Kier alpha value is -3.92. The van der Waals surface area contributed by atoms with Gasteiger partial charge in [0.25, 0.3) is 5.56 Å². The van der Waals surface area contributed by atoms with Gasteiger partial charge >= 0.3 is 0 Å². The Labute approximate surface area is 193 Å². The first kappa shape index (κ1) is 22.3. The van der Waals surface area contributed by atoms with Crippen molar-refractivity contribution in [1.29, 1.82) is 0 Å². The van der Waals surface area contributed by atoms with Gasteiger partial charge in [0.2, 0.25) is 17.6 Å². The molecule has 1 unspecified atom stereocenters. The lowest BCUT2D eigenvalue weighted by Gasteiger charge is -2.13. The lowest BCUT2D eigenvalue weighted by molar-refractivity contribution is -0.115. The number of carbonyl (C=O) groups is 2. The van der Waals surface area contributed by atoms with E-state index in [1.807, 2.05) is 12.1 Å². The summed E-state index contributed by atoms with van der Waals surface area (Å²) in [4.78, 5) is 36.8. The second-order valence-electron chi connectivity index (χ2n) is 7.35. The van der Waals surface area contributed by atoms with Crippen LogP contribution in [0, 0.1) is 0 Å². The average Bonchev–Trinajstić information content (AvgIpc) is 3.21. The number of para-hydroxylation sites is 1. The van der Waals surface area contributed by atoms with E-state index in [0.29, 0.717) is 39.8 Å². The summed E-state index contributed by atoms with van der Waals surface area (Å²) in [5.41, 5.74) is 1.76. The van der Waals surface area contributed by atoms with Crippen LogP contribution in [0.25, 0.3) is 16.7 Å². The van der Waals surface area contributed by atoms with E-state index < -0.39 is 5.25 Å². The molecule has 0 fully saturated rings. The Bertz CT molecular complexity index is 1420. The van der Waals surface area contributed by atoms with Gasteiger partial charge in [-0.05, 0) is 43.3 Å². The van der Waals surface area contributed by atoms with Crippen molar-refractivity contribution in [1.82, 2.24) is 19.2 Å². The van der Waals surface area contributed by atoms with Gasteiger partial charge in [-0.2, -0.15) is 0 Å². The third kappa shape index (κ3) is 4.51. The molecule has 2 N–H and O–H groups in total. The summed E-state index contributed by atoms with van der Waals surface area (Å²) in [6, 6.07) is 14.1. The highest BCUT2D eigenvalue weighted by molar-refractivity contribution is 8.00. The zero-order valence-corrected chi connectivity index (χ0v) is 18.9. The van der Waals surface area contributed by atoms with Crippen LogP contribution in [-0.4, -0.2) is 36.2 Å². The molecule has 2 aromatic heterocycles. The smallest absolute Gasteiger partial charge is 0.263 e. The van der Waals surface area contributed by atoms with Gasteiger partial charge in [0, 0.05) is 24.8 Å². The van der Waals surface area contributed by atoms with Crippen LogP contribution in [0.1, 0.15) is 13.8 Å². The molecule has 0 aliphatic heterocycles. The van der Waals surface area contributed by atoms with Crippen molar-refractivity contribution in [3.05, 3.63) is 71.5 Å². The summed E-state index contributed by atoms with van der Waals surface area (Å²) in [6.07, 6.45) is 1.63. The normalized spacial score (nSPS) is 11.9. The summed E-state index contributed by atoms with van der Waals surface area (Å²) in [5, 5.41) is 14.6. The maximum atomic E-state index is 12.9. The van der Waals surface area contributed by atoms with Crippen LogP contribution in [0.15, 0.2) is 71.1 Å². The molecule has 4 rings (SSSR count). The molecule has 1 atom stereocenters. The molecule has 2 amide bonds. The lowest BCUT2D eigenvalue weighted by atomic mass is 10.2. The largest absolute Gasteiger partial charge is 0.326 e. The summed E-state index contributed by atoms with van der Waals surface area (Å²) in [7, 11) is 0. The number of benzene rings is 2. The van der Waals surface area contributed by atoms with E-state index in [9.17, 15) is 14.4 Å². The highest BCUT2D eigenvalue weighted by Gasteiger charge is 2.21. The van der Waals surface area contributed by atoms with Crippen molar-refractivity contribution < 1.29 is 9.59 Å². The van der Waals surface area contributed by atoms with Gasteiger partial charge in [0.1, 0.15) is 0 Å². The molecule has 0 radical (unpaired) electrons. The average molecular weight is 463 g/mol. The summed E-state index contributed by atoms with van der Waals surface area (Å²) in [5.74, 6) is 0.0124. The van der Waals surface area contributed by atoms with Gasteiger partial charge < -0.3 is 10.6 Å². The fourth-order valence-corrected chi connectivity index (χ4v) is 4.25. The Balaban J connectivity index is 1.61. The highest BCUT2D eigenvalue weighted by atomic mass is 32.2. The zero-order chi connectivity index (χ0) is 23.5. The van der Waals surface area contributed by atoms with Crippen molar-refractivity contribution in [3.8, 4) is 0 Å². The van der Waals surface area contributed by atoms with Crippen LogP contribution in [-0.2, 0) is 16.1 Å². The van der Waals surface area contributed by atoms with Gasteiger partial charge in [-0.3, -0.25) is 23.4 Å². The van der Waals surface area contributed by atoms with Crippen LogP contribution in [0.4, 0.5) is 11.4 Å². The number of thioether (sulfide) groups is 1. The van der Waals surface area contributed by atoms with E-state index in [-0.39, 0.29) is 17.4 Å². The molecular weight excluding hydrogens is 440 g/mol. The van der Waals surface area contributed by atoms with Crippen molar-refractivity contribution in [3.63, 3.8) is 0 Å². The highest BCUT2D eigenvalue weighted by Crippen LogP contribution is 2.26. The van der Waals surface area contributed by atoms with Crippen molar-refractivity contribution in [2.75, 3.05) is 10.6 Å². The number of nitrogens with zero attached hydrogens (tertiary/aromatic N) is 4. The molecule has 0 bridgehead atoms. The third-order valence-electron chi connectivity index (χ3n) is 4.91. The van der Waals surface area contributed by atoms with Crippen molar-refractivity contribution in [2.24, 2.45) is 0 Å². The lowest BCUT2D eigenvalue weighted by Crippen LogP contribution is -2.24. The summed E-state index contributed by atoms with van der Waals surface area (Å²) < 4.78 is 3.30. The fourth-order valence-electron chi connectivity index (χ4n) is 3.40. The number of rotatable bonds is 7. The second kappa shape index (κ2) is 9.29. The van der Waals surface area contributed by atoms with Gasteiger partial charge in [-0.15, -0.1) is 16.8 Å². The molecule has 10 heteroatoms. The molecule has 0 saturated heterocycles. The Morgan fingerprint density at radius 2 is 1.76 bits per heavy atom. The number of anilines is 2. The number of fused-ring (bicyclic) bond motifs is 3. The molecule has 2 aromatic carbocycles. The number of hydrogen-bond donors (Lipinski definition) is 2. The molecule has 33 heavy (non-hydrogen) atoms. The minimum atomic E-state index is -0.494. The van der Waals surface area contributed by atoms with Gasteiger partial charge in [0.05, 0.1) is 16.2 Å². The summed E-state index contributed by atoms with van der Waals surface area (Å²) in [6.45, 7) is 7.22. The molecule has 168 valence electrons. The predicted molar refractivity (Wildman–Crippen MR) is 130 cm³/mol. The molecule has 0 aliphatic rings. The Kier molecular flexibility index (Phi) is 6.27. The van der Waals surface area contributed by atoms with Crippen LogP contribution in [0.2, 0.25) is 0 Å². The topological polar surface area (TPSA) is 110 Å². The number of amides is 2. The maximum Gasteiger partial charge on any atom is 0.263 e. The van der Waals surface area contributed by atoms with Crippen LogP contribution in [0.5, 0.6) is 0 Å². The zero-order valence-electron chi connectivity index (χ0n) is 18.1. The van der Waals surface area contributed by atoms with Crippen molar-refractivity contribution in [2.45, 2.75) is 30.8 Å². The third-order valence-corrected chi connectivity index (χ3v) is 5.96. The van der Waals surface area contributed by atoms with E-state index in [2.05, 4.69) is 27.4 Å². The van der Waals surface area contributed by atoms with Crippen LogP contribution in [0.3, 0.4) is 0 Å². The Morgan fingerprint density at radius 1 is 1.09 bits per heavy atom. The van der Waals surface area contributed by atoms with E-state index >= 15 is 0 Å². The summed E-state index contributed by atoms with van der Waals surface area (Å²) >= 11 is 1.25. The SMILES string of the molecule is C=CCn1c(=O)c2ccccc2n2c(SC(C)C(=O)Nc3ccc(NC(C)=O)cc3)nnc12. The first-order valence-electron chi connectivity index (χ1n) is 10.2. The first-order chi connectivity index (χ1) is 15.9. The standard InChI is InChI=1S/C23H22N6O3S/c1-4-13-28-21(32)18-7-5-6-8-19(18)29-22(28)26-27-23(29)33-14(2)20(31)25-17-11-9-16(10-12-17)24-15(3)30/h4-12,14H,1,13H2,2-3H3,(H,24,30)(H,25,31). The quantitative estimate of drug-likeness (QED) is 0.322. The van der Waals surface area contributed by atoms with E-state index in [4.69, 9.17) is 0 Å². The van der Waals surface area contributed by atoms with Gasteiger partial charge in [0.15, 0.2) is 5.16 Å².